The summed E-state index contributed by atoms with van der Waals surface area (Å²) in [6.07, 6.45) is -4.19. The van der Waals surface area contributed by atoms with Crippen molar-refractivity contribution in [2.45, 2.75) is 43.7 Å². The zero-order chi connectivity index (χ0) is 24.4. The van der Waals surface area contributed by atoms with Gasteiger partial charge in [0, 0.05) is 19.0 Å². The van der Waals surface area contributed by atoms with E-state index in [1.165, 1.54) is 29.6 Å². The van der Waals surface area contributed by atoms with Crippen molar-refractivity contribution in [1.29, 1.82) is 0 Å². The standard InChI is InChI=1S/C23H27F3N2O4S/c1-15(2)17-8-9-20(32-3)21(14-17)33(30,31)28-12-10-16(11-13-28)22(29)27-19-7-5-4-6-18(19)23(24,25)26/h4-9,14-16H,10-13H2,1-3H3,(H,27,29). The molecular formula is C23H27F3N2O4S. The van der Waals surface area contributed by atoms with Gasteiger partial charge < -0.3 is 10.1 Å². The highest BCUT2D eigenvalue weighted by molar-refractivity contribution is 7.89. The third-order valence-electron chi connectivity index (χ3n) is 5.79. The number of alkyl halides is 3. The molecule has 2 aromatic carbocycles. The molecule has 1 heterocycles. The van der Waals surface area contributed by atoms with Crippen LogP contribution in [0.2, 0.25) is 0 Å². The van der Waals surface area contributed by atoms with Crippen LogP contribution in [0.25, 0.3) is 0 Å². The molecule has 0 saturated carbocycles. The topological polar surface area (TPSA) is 75.7 Å². The molecule has 6 nitrogen and oxygen atoms in total. The van der Waals surface area contributed by atoms with Crippen LogP contribution in [0, 0.1) is 5.92 Å². The van der Waals surface area contributed by atoms with E-state index in [4.69, 9.17) is 4.74 Å². The molecule has 3 rings (SSSR count). The molecule has 0 unspecified atom stereocenters. The Labute approximate surface area is 191 Å². The summed E-state index contributed by atoms with van der Waals surface area (Å²) in [4.78, 5) is 12.7. The molecule has 0 spiro atoms. The van der Waals surface area contributed by atoms with Crippen LogP contribution >= 0.6 is 0 Å². The van der Waals surface area contributed by atoms with Crippen LogP contribution in [0.5, 0.6) is 5.75 Å². The average Bonchev–Trinajstić information content (AvgIpc) is 2.78. The van der Waals surface area contributed by atoms with Crippen molar-refractivity contribution >= 4 is 21.6 Å². The molecule has 1 aliphatic heterocycles. The number of rotatable bonds is 6. The highest BCUT2D eigenvalue weighted by Crippen LogP contribution is 2.36. The molecule has 1 aliphatic rings. The van der Waals surface area contributed by atoms with Crippen LogP contribution in [-0.2, 0) is 21.0 Å². The van der Waals surface area contributed by atoms with Crippen molar-refractivity contribution in [3.05, 3.63) is 53.6 Å². The van der Waals surface area contributed by atoms with Gasteiger partial charge in [0.15, 0.2) is 0 Å². The summed E-state index contributed by atoms with van der Waals surface area (Å²) in [5, 5.41) is 2.36. The number of ether oxygens (including phenoxy) is 1. The fourth-order valence-corrected chi connectivity index (χ4v) is 5.49. The molecule has 0 aromatic heterocycles. The number of piperidine rings is 1. The Hall–Kier alpha value is -2.59. The highest BCUT2D eigenvalue weighted by atomic mass is 32.2. The van der Waals surface area contributed by atoms with E-state index < -0.39 is 33.6 Å². The van der Waals surface area contributed by atoms with Gasteiger partial charge in [-0.15, -0.1) is 0 Å². The summed E-state index contributed by atoms with van der Waals surface area (Å²) in [6, 6.07) is 9.82. The number of amides is 1. The molecule has 1 saturated heterocycles. The third kappa shape index (κ3) is 5.50. The monoisotopic (exact) mass is 484 g/mol. The SMILES string of the molecule is COc1ccc(C(C)C)cc1S(=O)(=O)N1CCC(C(=O)Nc2ccccc2C(F)(F)F)CC1. The first-order chi connectivity index (χ1) is 15.4. The van der Waals surface area contributed by atoms with E-state index in [1.54, 1.807) is 12.1 Å². The number of nitrogens with one attached hydrogen (secondary N) is 1. The number of sulfonamides is 1. The fraction of sp³-hybridized carbons (Fsp3) is 0.435. The largest absolute Gasteiger partial charge is 0.495 e. The van der Waals surface area contributed by atoms with Crippen molar-refractivity contribution in [3.8, 4) is 5.75 Å². The number of benzene rings is 2. The summed E-state index contributed by atoms with van der Waals surface area (Å²) < 4.78 is 72.7. The first kappa shape index (κ1) is 25.0. The van der Waals surface area contributed by atoms with Gasteiger partial charge in [0.05, 0.1) is 18.4 Å². The predicted octanol–water partition coefficient (Wildman–Crippen LogP) is 4.88. The van der Waals surface area contributed by atoms with E-state index in [1.807, 2.05) is 19.9 Å². The third-order valence-corrected chi connectivity index (χ3v) is 7.71. The van der Waals surface area contributed by atoms with Gasteiger partial charge in [0.2, 0.25) is 15.9 Å². The number of halogens is 3. The lowest BCUT2D eigenvalue weighted by molar-refractivity contribution is -0.137. The number of hydrogen-bond donors (Lipinski definition) is 1. The lowest BCUT2D eigenvalue weighted by Gasteiger charge is -2.31. The number of hydrogen-bond acceptors (Lipinski definition) is 4. The Balaban J connectivity index is 1.73. The van der Waals surface area contributed by atoms with Gasteiger partial charge in [-0.3, -0.25) is 4.79 Å². The summed E-state index contributed by atoms with van der Waals surface area (Å²) in [5.41, 5.74) is -0.372. The van der Waals surface area contributed by atoms with Gasteiger partial charge >= 0.3 is 6.18 Å². The van der Waals surface area contributed by atoms with Crippen molar-refractivity contribution < 1.29 is 31.1 Å². The smallest absolute Gasteiger partial charge is 0.418 e. The Morgan fingerprint density at radius 3 is 2.33 bits per heavy atom. The zero-order valence-electron chi connectivity index (χ0n) is 18.6. The first-order valence-electron chi connectivity index (χ1n) is 10.6. The second-order valence-corrected chi connectivity index (χ2v) is 10.2. The summed E-state index contributed by atoms with van der Waals surface area (Å²) in [6.45, 7) is 4.07. The Morgan fingerprint density at radius 1 is 1.12 bits per heavy atom. The second-order valence-electron chi connectivity index (χ2n) is 8.28. The number of carbonyl (C=O) groups excluding carboxylic acids is 1. The summed E-state index contributed by atoms with van der Waals surface area (Å²) >= 11 is 0. The van der Waals surface area contributed by atoms with E-state index in [-0.39, 0.29) is 48.2 Å². The predicted molar refractivity (Wildman–Crippen MR) is 119 cm³/mol. The maximum Gasteiger partial charge on any atom is 0.418 e. The van der Waals surface area contributed by atoms with E-state index in [0.717, 1.165) is 11.6 Å². The van der Waals surface area contributed by atoms with Crippen LogP contribution in [0.3, 0.4) is 0 Å². The van der Waals surface area contributed by atoms with Crippen molar-refractivity contribution in [2.24, 2.45) is 5.92 Å². The van der Waals surface area contributed by atoms with Crippen LogP contribution in [0.1, 0.15) is 43.7 Å². The molecule has 0 atom stereocenters. The van der Waals surface area contributed by atoms with E-state index in [0.29, 0.717) is 0 Å². The van der Waals surface area contributed by atoms with Crippen LogP contribution in [0.15, 0.2) is 47.4 Å². The molecule has 2 aromatic rings. The lowest BCUT2D eigenvalue weighted by Crippen LogP contribution is -2.41. The van der Waals surface area contributed by atoms with Gasteiger partial charge in [-0.2, -0.15) is 17.5 Å². The minimum Gasteiger partial charge on any atom is -0.495 e. The molecular weight excluding hydrogens is 457 g/mol. The summed E-state index contributed by atoms with van der Waals surface area (Å²) in [5.74, 6) is -0.786. The average molecular weight is 485 g/mol. The van der Waals surface area contributed by atoms with Gasteiger partial charge in [-0.25, -0.2) is 8.42 Å². The maximum atomic E-state index is 13.3. The van der Waals surface area contributed by atoms with Gasteiger partial charge in [-0.1, -0.05) is 32.0 Å². The molecule has 180 valence electrons. The minimum atomic E-state index is -4.59. The van der Waals surface area contributed by atoms with Crippen LogP contribution in [0.4, 0.5) is 18.9 Å². The van der Waals surface area contributed by atoms with E-state index >= 15 is 0 Å². The van der Waals surface area contributed by atoms with Crippen molar-refractivity contribution in [2.75, 3.05) is 25.5 Å². The number of anilines is 1. The molecule has 1 N–H and O–H groups in total. The minimum absolute atomic E-state index is 0.0678. The Kier molecular flexibility index (Phi) is 7.38. The van der Waals surface area contributed by atoms with E-state index in [9.17, 15) is 26.4 Å². The molecule has 33 heavy (non-hydrogen) atoms. The molecule has 0 bridgehead atoms. The molecule has 0 aliphatic carbocycles. The lowest BCUT2D eigenvalue weighted by atomic mass is 9.97. The number of methoxy groups -OCH3 is 1. The van der Waals surface area contributed by atoms with Crippen LogP contribution in [-0.4, -0.2) is 38.8 Å². The molecule has 1 amide bonds. The number of carbonyl (C=O) groups is 1. The summed E-state index contributed by atoms with van der Waals surface area (Å²) in [7, 11) is -2.47. The number of para-hydroxylation sites is 1. The molecule has 1 fully saturated rings. The quantitative estimate of drug-likeness (QED) is 0.634. The second kappa shape index (κ2) is 9.72. The normalized spacial score (nSPS) is 16.1. The molecule has 10 heteroatoms. The van der Waals surface area contributed by atoms with Gasteiger partial charge in [0.1, 0.15) is 10.6 Å². The Bertz CT molecular complexity index is 1110. The van der Waals surface area contributed by atoms with Gasteiger partial charge in [0.25, 0.3) is 0 Å². The van der Waals surface area contributed by atoms with Crippen LogP contribution < -0.4 is 10.1 Å². The van der Waals surface area contributed by atoms with Crippen molar-refractivity contribution in [3.63, 3.8) is 0 Å². The fourth-order valence-electron chi connectivity index (χ4n) is 3.83. The first-order valence-corrected chi connectivity index (χ1v) is 12.0. The van der Waals surface area contributed by atoms with Crippen molar-refractivity contribution in [1.82, 2.24) is 4.31 Å². The van der Waals surface area contributed by atoms with Gasteiger partial charge in [-0.05, 0) is 48.6 Å². The highest BCUT2D eigenvalue weighted by Gasteiger charge is 2.36. The zero-order valence-corrected chi connectivity index (χ0v) is 19.5. The Morgan fingerprint density at radius 2 is 1.76 bits per heavy atom. The number of nitrogens with zero attached hydrogens (tertiary/aromatic N) is 1. The van der Waals surface area contributed by atoms with E-state index in [2.05, 4.69) is 5.32 Å². The molecule has 0 radical (unpaired) electrons. The maximum absolute atomic E-state index is 13.3.